The second-order valence-corrected chi connectivity index (χ2v) is 12.5. The molecule has 3 amide bonds. The van der Waals surface area contributed by atoms with Gasteiger partial charge in [0.15, 0.2) is 0 Å². The van der Waals surface area contributed by atoms with Gasteiger partial charge in [0.1, 0.15) is 11.6 Å². The zero-order chi connectivity index (χ0) is 28.4. The molecule has 1 spiro atoms. The second kappa shape index (κ2) is 12.2. The van der Waals surface area contributed by atoms with Crippen LogP contribution in [0.15, 0.2) is 48.5 Å². The molecule has 3 saturated heterocycles. The highest BCUT2D eigenvalue weighted by atomic mass is 79.9. The number of ether oxygens (including phenoxy) is 1. The Morgan fingerprint density at radius 3 is 2.58 bits per heavy atom. The Bertz CT molecular complexity index is 1240. The van der Waals surface area contributed by atoms with E-state index in [0.717, 1.165) is 24.0 Å². The highest BCUT2D eigenvalue weighted by molar-refractivity contribution is 9.09. The van der Waals surface area contributed by atoms with Crippen LogP contribution in [0.3, 0.4) is 0 Å². The molecule has 3 aliphatic heterocycles. The summed E-state index contributed by atoms with van der Waals surface area (Å²) in [5, 5.41) is 15.5. The first-order valence-corrected chi connectivity index (χ1v) is 15.2. The summed E-state index contributed by atoms with van der Waals surface area (Å²) in [7, 11) is 0. The lowest BCUT2D eigenvalue weighted by Gasteiger charge is -2.34. The molecular formula is C30H35BrClN3O5. The number of benzene rings is 2. The summed E-state index contributed by atoms with van der Waals surface area (Å²) in [5.41, 5.74) is 1.14. The van der Waals surface area contributed by atoms with Crippen molar-refractivity contribution >= 4 is 50.9 Å². The molecule has 3 heterocycles. The van der Waals surface area contributed by atoms with Crippen molar-refractivity contribution in [1.29, 1.82) is 0 Å². The molecule has 5 rings (SSSR count). The topological polar surface area (TPSA) is 108 Å². The predicted molar refractivity (Wildman–Crippen MR) is 156 cm³/mol. The van der Waals surface area contributed by atoms with Crippen LogP contribution in [0.2, 0.25) is 5.02 Å². The number of anilines is 1. The summed E-state index contributed by atoms with van der Waals surface area (Å²) in [6.07, 6.45) is 2.93. The van der Waals surface area contributed by atoms with Gasteiger partial charge in [-0.05, 0) is 43.4 Å². The van der Waals surface area contributed by atoms with Crippen molar-refractivity contribution in [3.63, 3.8) is 0 Å². The lowest BCUT2D eigenvalue weighted by atomic mass is 9.70. The minimum atomic E-state index is -1.13. The van der Waals surface area contributed by atoms with E-state index in [1.54, 1.807) is 11.0 Å². The average Bonchev–Trinajstić information content (AvgIpc) is 3.53. The number of nitrogens with one attached hydrogen (secondary N) is 2. The number of nitrogens with zero attached hydrogens (tertiary/aromatic N) is 1. The van der Waals surface area contributed by atoms with Gasteiger partial charge in [0.25, 0.3) is 0 Å². The number of hydrogen-bond donors (Lipinski definition) is 3. The fraction of sp³-hybridized carbons (Fsp3) is 0.500. The molecular weight excluding hydrogens is 598 g/mol. The Morgan fingerprint density at radius 2 is 1.85 bits per heavy atom. The molecule has 3 fully saturated rings. The van der Waals surface area contributed by atoms with Gasteiger partial charge in [-0.3, -0.25) is 14.4 Å². The molecule has 3 aliphatic rings. The van der Waals surface area contributed by atoms with Gasteiger partial charge in [0.2, 0.25) is 17.7 Å². The summed E-state index contributed by atoms with van der Waals surface area (Å²) in [5.74, 6) is -2.31. The summed E-state index contributed by atoms with van der Waals surface area (Å²) < 4.78 is 6.56. The fourth-order valence-corrected chi connectivity index (χ4v) is 7.81. The Balaban J connectivity index is 1.43. The van der Waals surface area contributed by atoms with Crippen molar-refractivity contribution in [3.8, 4) is 0 Å². The largest absolute Gasteiger partial charge is 0.396 e. The zero-order valence-corrected chi connectivity index (χ0v) is 24.8. The van der Waals surface area contributed by atoms with Gasteiger partial charge in [0.05, 0.1) is 28.6 Å². The normalized spacial score (nSPS) is 28.6. The molecule has 3 unspecified atom stereocenters. The van der Waals surface area contributed by atoms with E-state index in [-0.39, 0.29) is 29.2 Å². The number of unbranched alkanes of at least 4 members (excludes halogenated alkanes) is 3. The van der Waals surface area contributed by atoms with Crippen LogP contribution in [0, 0.1) is 18.8 Å². The number of aliphatic hydroxyl groups excluding tert-OH is 1. The number of aryl methyl sites for hydroxylation is 1. The molecule has 2 aromatic rings. The maximum Gasteiger partial charge on any atom is 0.250 e. The molecule has 0 aliphatic carbocycles. The van der Waals surface area contributed by atoms with Crippen molar-refractivity contribution in [2.45, 2.75) is 68.1 Å². The lowest BCUT2D eigenvalue weighted by molar-refractivity contribution is -0.140. The van der Waals surface area contributed by atoms with Crippen LogP contribution in [0.5, 0.6) is 0 Å². The van der Waals surface area contributed by atoms with Gasteiger partial charge < -0.3 is 25.4 Å². The van der Waals surface area contributed by atoms with Crippen molar-refractivity contribution in [3.05, 3.63) is 64.7 Å². The van der Waals surface area contributed by atoms with E-state index in [0.29, 0.717) is 43.1 Å². The van der Waals surface area contributed by atoms with E-state index >= 15 is 0 Å². The molecule has 2 aromatic carbocycles. The van der Waals surface area contributed by atoms with Crippen LogP contribution in [0.25, 0.3) is 0 Å². The quantitative estimate of drug-likeness (QED) is 0.254. The number of halogens is 2. The molecule has 40 heavy (non-hydrogen) atoms. The third-order valence-corrected chi connectivity index (χ3v) is 9.59. The van der Waals surface area contributed by atoms with E-state index in [1.165, 1.54) is 0 Å². The first kappa shape index (κ1) is 29.0. The summed E-state index contributed by atoms with van der Waals surface area (Å²) >= 11 is 10.1. The van der Waals surface area contributed by atoms with Crippen LogP contribution < -0.4 is 10.6 Å². The van der Waals surface area contributed by atoms with E-state index in [2.05, 4.69) is 26.6 Å². The van der Waals surface area contributed by atoms with E-state index in [4.69, 9.17) is 21.4 Å². The first-order chi connectivity index (χ1) is 19.3. The van der Waals surface area contributed by atoms with Crippen LogP contribution in [0.4, 0.5) is 5.69 Å². The number of para-hydroxylation sites is 1. The smallest absolute Gasteiger partial charge is 0.250 e. The van der Waals surface area contributed by atoms with Crippen LogP contribution in [-0.2, 0) is 25.7 Å². The Morgan fingerprint density at radius 1 is 1.10 bits per heavy atom. The highest BCUT2D eigenvalue weighted by Crippen LogP contribution is 2.60. The number of hydrogen-bond acceptors (Lipinski definition) is 5. The number of carbonyl (C=O) groups excluding carboxylic acids is 3. The number of aliphatic hydroxyl groups is 1. The van der Waals surface area contributed by atoms with E-state index in [9.17, 15) is 14.4 Å². The number of alkyl halides is 1. The Hall–Kier alpha value is -2.46. The lowest BCUT2D eigenvalue weighted by Crippen LogP contribution is -2.54. The Labute approximate surface area is 247 Å². The van der Waals surface area contributed by atoms with Gasteiger partial charge in [-0.15, -0.1) is 0 Å². The number of rotatable bonds is 11. The summed E-state index contributed by atoms with van der Waals surface area (Å²) in [6, 6.07) is 14.1. The number of carbonyl (C=O) groups is 3. The van der Waals surface area contributed by atoms with Crippen LogP contribution >= 0.6 is 27.5 Å². The Kier molecular flexibility index (Phi) is 8.85. The fourth-order valence-electron chi connectivity index (χ4n) is 6.60. The average molecular weight is 633 g/mol. The molecule has 2 bridgehead atoms. The van der Waals surface area contributed by atoms with Gasteiger partial charge in [-0.25, -0.2) is 0 Å². The predicted octanol–water partition coefficient (Wildman–Crippen LogP) is 4.20. The second-order valence-electron chi connectivity index (χ2n) is 11.0. The molecule has 10 heteroatoms. The minimum absolute atomic E-state index is 0.123. The maximum atomic E-state index is 14.1. The first-order valence-electron chi connectivity index (χ1n) is 13.9. The van der Waals surface area contributed by atoms with Crippen LogP contribution in [0.1, 0.15) is 43.2 Å². The van der Waals surface area contributed by atoms with Crippen molar-refractivity contribution in [2.75, 3.05) is 18.5 Å². The third kappa shape index (κ3) is 5.29. The summed E-state index contributed by atoms with van der Waals surface area (Å²) in [4.78, 5) is 43.2. The third-order valence-electron chi connectivity index (χ3n) is 8.43. The van der Waals surface area contributed by atoms with Gasteiger partial charge in [0, 0.05) is 24.5 Å². The molecule has 0 radical (unpaired) electrons. The molecule has 0 saturated carbocycles. The molecule has 0 aromatic heterocycles. The SMILES string of the molecule is Cc1cccc(Cl)c1NC(=O)C1N(CCCCCCO)C(=O)[C@@H]2[C@H](C(=O)NCc3ccccc3)[C@H]3OC12CC3Br. The molecule has 6 atom stereocenters. The van der Waals surface area contributed by atoms with Crippen LogP contribution in [-0.4, -0.2) is 63.5 Å². The van der Waals surface area contributed by atoms with Crippen molar-refractivity contribution in [1.82, 2.24) is 10.2 Å². The van der Waals surface area contributed by atoms with Gasteiger partial charge in [-0.2, -0.15) is 0 Å². The van der Waals surface area contributed by atoms with Gasteiger partial charge >= 0.3 is 0 Å². The molecule has 214 valence electrons. The summed E-state index contributed by atoms with van der Waals surface area (Å²) in [6.45, 7) is 2.69. The van der Waals surface area contributed by atoms with Crippen molar-refractivity contribution in [2.24, 2.45) is 11.8 Å². The monoisotopic (exact) mass is 631 g/mol. The number of likely N-dealkylation sites (tertiary alicyclic amines) is 1. The maximum absolute atomic E-state index is 14.1. The van der Waals surface area contributed by atoms with E-state index < -0.39 is 29.6 Å². The molecule has 3 N–H and O–H groups in total. The van der Waals surface area contributed by atoms with E-state index in [1.807, 2.05) is 49.4 Å². The standard InChI is InChI=1S/C30H35BrClN3O5/c1-18-10-9-13-21(32)24(18)34-28(38)26-30-16-20(31)25(40-30)22(27(37)33-17-19-11-5-4-6-12-19)23(30)29(39)35(26)14-7-2-3-8-15-36/h4-6,9-13,20,22-23,25-26,36H,2-3,7-8,14-17H2,1H3,(H,33,37)(H,34,38)/t20?,22-,23-,25-,26?,30?/m0/s1. The minimum Gasteiger partial charge on any atom is -0.396 e. The number of amides is 3. The number of fused-ring (bicyclic) bond motifs is 1. The van der Waals surface area contributed by atoms with Crippen molar-refractivity contribution < 1.29 is 24.2 Å². The molecule has 8 nitrogen and oxygen atoms in total. The highest BCUT2D eigenvalue weighted by Gasteiger charge is 2.76. The van der Waals surface area contributed by atoms with Gasteiger partial charge in [-0.1, -0.05) is 82.8 Å². The zero-order valence-electron chi connectivity index (χ0n) is 22.4.